The third-order valence-corrected chi connectivity index (χ3v) is 3.45. The van der Waals surface area contributed by atoms with E-state index in [9.17, 15) is 14.7 Å². The van der Waals surface area contributed by atoms with E-state index in [1.165, 1.54) is 0 Å². The smallest absolute Gasteiger partial charge is 0.339 e. The van der Waals surface area contributed by atoms with Gasteiger partial charge < -0.3 is 9.84 Å². The van der Waals surface area contributed by atoms with Crippen molar-refractivity contribution in [2.75, 3.05) is 0 Å². The fourth-order valence-corrected chi connectivity index (χ4v) is 2.53. The molecule has 20 heavy (non-hydrogen) atoms. The van der Waals surface area contributed by atoms with E-state index in [4.69, 9.17) is 4.74 Å². The van der Waals surface area contributed by atoms with Gasteiger partial charge in [-0.15, -0.1) is 0 Å². The van der Waals surface area contributed by atoms with Crippen LogP contribution in [0.5, 0.6) is 0 Å². The lowest BCUT2D eigenvalue weighted by atomic mass is 9.84. The standard InChI is InChI=1S/C16H12O4/c17-15(18)13-11-8-4-5-9-12(11)16(19)20-14(13)10-6-2-1-3-7-10/h1-9,13-14H,(H,17,18)/t13-,14+/m1/s1. The fraction of sp³-hybridized carbons (Fsp3) is 0.125. The van der Waals surface area contributed by atoms with Gasteiger partial charge in [0.2, 0.25) is 0 Å². The molecule has 3 rings (SSSR count). The lowest BCUT2D eigenvalue weighted by molar-refractivity contribution is -0.142. The Morgan fingerprint density at radius 1 is 1.00 bits per heavy atom. The Labute approximate surface area is 115 Å². The zero-order chi connectivity index (χ0) is 14.1. The van der Waals surface area contributed by atoms with E-state index in [2.05, 4.69) is 0 Å². The molecule has 0 aliphatic carbocycles. The molecule has 1 heterocycles. The van der Waals surface area contributed by atoms with E-state index in [0.29, 0.717) is 16.7 Å². The number of hydrogen-bond acceptors (Lipinski definition) is 3. The molecule has 4 heteroatoms. The van der Waals surface area contributed by atoms with Gasteiger partial charge in [0.15, 0.2) is 0 Å². The summed E-state index contributed by atoms with van der Waals surface area (Å²) in [6, 6.07) is 15.6. The topological polar surface area (TPSA) is 63.6 Å². The lowest BCUT2D eigenvalue weighted by Gasteiger charge is -2.30. The van der Waals surface area contributed by atoms with Crippen molar-refractivity contribution in [3.8, 4) is 0 Å². The summed E-state index contributed by atoms with van der Waals surface area (Å²) in [5, 5.41) is 9.51. The van der Waals surface area contributed by atoms with Crippen LogP contribution in [0.25, 0.3) is 0 Å². The summed E-state index contributed by atoms with van der Waals surface area (Å²) in [6.45, 7) is 0. The highest BCUT2D eigenvalue weighted by molar-refractivity contribution is 5.96. The molecule has 0 saturated carbocycles. The number of benzene rings is 2. The Morgan fingerprint density at radius 2 is 1.65 bits per heavy atom. The minimum absolute atomic E-state index is 0.326. The van der Waals surface area contributed by atoms with Gasteiger partial charge in [0.1, 0.15) is 12.0 Å². The summed E-state index contributed by atoms with van der Waals surface area (Å²) in [4.78, 5) is 23.6. The van der Waals surface area contributed by atoms with Crippen LogP contribution in [-0.2, 0) is 9.53 Å². The van der Waals surface area contributed by atoms with E-state index in [1.54, 1.807) is 48.5 Å². The minimum atomic E-state index is -1.00. The van der Waals surface area contributed by atoms with Crippen LogP contribution in [0.15, 0.2) is 54.6 Å². The van der Waals surface area contributed by atoms with Gasteiger partial charge in [-0.25, -0.2) is 4.79 Å². The molecule has 1 aliphatic rings. The van der Waals surface area contributed by atoms with Crippen molar-refractivity contribution in [1.82, 2.24) is 0 Å². The summed E-state index contributed by atoms with van der Waals surface area (Å²) in [5.74, 6) is -2.36. The second-order valence-electron chi connectivity index (χ2n) is 4.64. The van der Waals surface area contributed by atoms with Crippen molar-refractivity contribution in [2.45, 2.75) is 12.0 Å². The zero-order valence-electron chi connectivity index (χ0n) is 10.5. The molecule has 0 bridgehead atoms. The van der Waals surface area contributed by atoms with E-state index >= 15 is 0 Å². The third kappa shape index (κ3) is 1.95. The van der Waals surface area contributed by atoms with Gasteiger partial charge in [0.25, 0.3) is 0 Å². The predicted octanol–water partition coefficient (Wildman–Crippen LogP) is 2.77. The van der Waals surface area contributed by atoms with E-state index in [0.717, 1.165) is 0 Å². The van der Waals surface area contributed by atoms with Gasteiger partial charge >= 0.3 is 11.9 Å². The second kappa shape index (κ2) is 4.81. The maximum atomic E-state index is 12.0. The van der Waals surface area contributed by atoms with E-state index in [-0.39, 0.29) is 0 Å². The lowest BCUT2D eigenvalue weighted by Crippen LogP contribution is -2.31. The molecule has 0 spiro atoms. The van der Waals surface area contributed by atoms with Crippen LogP contribution >= 0.6 is 0 Å². The quantitative estimate of drug-likeness (QED) is 0.851. The van der Waals surface area contributed by atoms with Gasteiger partial charge in [-0.05, 0) is 17.2 Å². The van der Waals surface area contributed by atoms with E-state index < -0.39 is 24.0 Å². The number of carboxylic acid groups (broad SMARTS) is 1. The average Bonchev–Trinajstić information content (AvgIpc) is 2.47. The molecular formula is C16H12O4. The summed E-state index contributed by atoms with van der Waals surface area (Å²) in [6.07, 6.45) is -0.795. The first-order valence-corrected chi connectivity index (χ1v) is 6.26. The number of carbonyl (C=O) groups excluding carboxylic acids is 1. The van der Waals surface area contributed by atoms with Crippen LogP contribution in [0.3, 0.4) is 0 Å². The molecule has 100 valence electrons. The molecule has 4 nitrogen and oxygen atoms in total. The molecule has 2 atom stereocenters. The minimum Gasteiger partial charge on any atom is -0.481 e. The Balaban J connectivity index is 2.14. The fourth-order valence-electron chi connectivity index (χ4n) is 2.53. The highest BCUT2D eigenvalue weighted by Gasteiger charge is 2.40. The van der Waals surface area contributed by atoms with Crippen LogP contribution in [0.4, 0.5) is 0 Å². The Hall–Kier alpha value is -2.62. The summed E-state index contributed by atoms with van der Waals surface area (Å²) >= 11 is 0. The molecule has 0 aromatic heterocycles. The van der Waals surface area contributed by atoms with Crippen LogP contribution in [0.2, 0.25) is 0 Å². The first-order valence-electron chi connectivity index (χ1n) is 6.26. The van der Waals surface area contributed by atoms with Crippen LogP contribution in [-0.4, -0.2) is 17.0 Å². The first-order chi connectivity index (χ1) is 9.68. The normalized spacial score (nSPS) is 20.9. The van der Waals surface area contributed by atoms with Crippen LogP contribution in [0.1, 0.15) is 33.5 Å². The Bertz CT molecular complexity index is 663. The number of cyclic esters (lactones) is 1. The molecule has 0 saturated heterocycles. The van der Waals surface area contributed by atoms with Crippen molar-refractivity contribution < 1.29 is 19.4 Å². The Morgan fingerprint density at radius 3 is 2.35 bits per heavy atom. The number of hydrogen-bond donors (Lipinski definition) is 1. The maximum Gasteiger partial charge on any atom is 0.339 e. The van der Waals surface area contributed by atoms with Crippen molar-refractivity contribution in [2.24, 2.45) is 0 Å². The number of rotatable bonds is 2. The number of aliphatic carboxylic acids is 1. The Kier molecular flexibility index (Phi) is 2.99. The molecule has 0 fully saturated rings. The highest BCUT2D eigenvalue weighted by atomic mass is 16.5. The van der Waals surface area contributed by atoms with Gasteiger partial charge in [-0.1, -0.05) is 48.5 Å². The van der Waals surface area contributed by atoms with Crippen LogP contribution < -0.4 is 0 Å². The zero-order valence-corrected chi connectivity index (χ0v) is 10.5. The van der Waals surface area contributed by atoms with Crippen LogP contribution in [0, 0.1) is 0 Å². The first kappa shape index (κ1) is 12.4. The SMILES string of the molecule is O=C1O[C@@H](c2ccccc2)[C@H](C(=O)O)c2ccccc21. The number of carbonyl (C=O) groups is 2. The maximum absolute atomic E-state index is 12.0. The third-order valence-electron chi connectivity index (χ3n) is 3.45. The van der Waals surface area contributed by atoms with Crippen molar-refractivity contribution in [3.05, 3.63) is 71.3 Å². The number of fused-ring (bicyclic) bond motifs is 1. The highest BCUT2D eigenvalue weighted by Crippen LogP contribution is 2.40. The van der Waals surface area contributed by atoms with E-state index in [1.807, 2.05) is 6.07 Å². The number of ether oxygens (including phenoxy) is 1. The largest absolute Gasteiger partial charge is 0.481 e. The molecule has 2 aromatic carbocycles. The molecular weight excluding hydrogens is 256 g/mol. The van der Waals surface area contributed by atoms with Gasteiger partial charge in [0.05, 0.1) is 5.56 Å². The molecule has 1 aliphatic heterocycles. The van der Waals surface area contributed by atoms with Crippen molar-refractivity contribution in [1.29, 1.82) is 0 Å². The number of carboxylic acids is 1. The van der Waals surface area contributed by atoms with Gasteiger partial charge in [-0.3, -0.25) is 4.79 Å². The predicted molar refractivity (Wildman–Crippen MR) is 71.4 cm³/mol. The van der Waals surface area contributed by atoms with Gasteiger partial charge in [0, 0.05) is 0 Å². The summed E-state index contributed by atoms with van der Waals surface area (Å²) in [5.41, 5.74) is 1.51. The molecule has 2 aromatic rings. The second-order valence-corrected chi connectivity index (χ2v) is 4.64. The van der Waals surface area contributed by atoms with Gasteiger partial charge in [-0.2, -0.15) is 0 Å². The van der Waals surface area contributed by atoms with Crippen molar-refractivity contribution >= 4 is 11.9 Å². The summed E-state index contributed by atoms with van der Waals surface area (Å²) < 4.78 is 5.35. The molecule has 1 N–H and O–H groups in total. The molecule has 0 unspecified atom stereocenters. The monoisotopic (exact) mass is 268 g/mol. The summed E-state index contributed by atoms with van der Waals surface area (Å²) in [7, 11) is 0. The molecule has 0 radical (unpaired) electrons. The number of esters is 1. The molecule has 0 amide bonds. The van der Waals surface area contributed by atoms with Crippen molar-refractivity contribution in [3.63, 3.8) is 0 Å². The average molecular weight is 268 g/mol.